The molecule has 3 amide bonds. The van der Waals surface area contributed by atoms with Gasteiger partial charge < -0.3 is 9.64 Å². The highest BCUT2D eigenvalue weighted by molar-refractivity contribution is 6.67. The minimum absolute atomic E-state index is 0.0715. The summed E-state index contributed by atoms with van der Waals surface area (Å²) >= 11 is 39.3. The van der Waals surface area contributed by atoms with Crippen LogP contribution < -0.4 is 14.5 Å². The van der Waals surface area contributed by atoms with Gasteiger partial charge >= 0.3 is 5.97 Å². The molecule has 0 unspecified atom stereocenters. The zero-order valence-corrected chi connectivity index (χ0v) is 25.3. The lowest BCUT2D eigenvalue weighted by Gasteiger charge is -2.34. The van der Waals surface area contributed by atoms with Gasteiger partial charge in [-0.05, 0) is 55.0 Å². The van der Waals surface area contributed by atoms with Crippen molar-refractivity contribution < 1.29 is 28.3 Å². The molecule has 2 aromatic rings. The molecule has 2 aromatic carbocycles. The van der Waals surface area contributed by atoms with E-state index in [0.717, 1.165) is 4.90 Å². The van der Waals surface area contributed by atoms with Crippen LogP contribution in [0.2, 0.25) is 0 Å². The van der Waals surface area contributed by atoms with Crippen molar-refractivity contribution in [2.45, 2.75) is 27.4 Å². The summed E-state index contributed by atoms with van der Waals surface area (Å²) in [7, 11) is 0. The monoisotopic (exact) mass is 678 g/mol. The van der Waals surface area contributed by atoms with Crippen LogP contribution in [0.15, 0.2) is 52.5 Å². The average Bonchev–Trinajstić information content (AvgIpc) is 3.50. The van der Waals surface area contributed by atoms with Gasteiger partial charge in [0.05, 0.1) is 33.5 Å². The molecule has 4 aliphatic rings. The topological polar surface area (TPSA) is 84.0 Å². The molecule has 2 aliphatic carbocycles. The molecule has 3 fully saturated rings. The maximum atomic E-state index is 13.6. The van der Waals surface area contributed by atoms with E-state index in [1.54, 1.807) is 6.92 Å². The van der Waals surface area contributed by atoms with Crippen molar-refractivity contribution in [3.63, 3.8) is 0 Å². The Hall–Kier alpha value is -2.07. The molecule has 1 saturated carbocycles. The zero-order valence-electron chi connectivity index (χ0n) is 20.8. The van der Waals surface area contributed by atoms with Crippen LogP contribution >= 0.6 is 69.6 Å². The third kappa shape index (κ3) is 3.71. The van der Waals surface area contributed by atoms with Crippen LogP contribution in [0.5, 0.6) is 5.75 Å². The fourth-order valence-electron chi connectivity index (χ4n) is 6.11. The van der Waals surface area contributed by atoms with E-state index in [-0.39, 0.29) is 40.4 Å². The maximum absolute atomic E-state index is 13.6. The molecular weight excluding hydrogens is 664 g/mol. The lowest BCUT2D eigenvalue weighted by Crippen LogP contribution is -2.50. The minimum atomic E-state index is -2.04. The maximum Gasteiger partial charge on any atom is 0.316 e. The Kier molecular flexibility index (Phi) is 6.70. The van der Waals surface area contributed by atoms with Crippen LogP contribution in [0, 0.1) is 30.5 Å². The van der Waals surface area contributed by atoms with E-state index in [2.05, 4.69) is 0 Å². The number of hydrogen-bond acceptors (Lipinski definition) is 5. The highest BCUT2D eigenvalue weighted by atomic mass is 35.5. The molecule has 0 aromatic heterocycles. The second-order valence-electron chi connectivity index (χ2n) is 10.3. The first-order valence-electron chi connectivity index (χ1n) is 12.2. The van der Waals surface area contributed by atoms with Crippen molar-refractivity contribution in [3.05, 3.63) is 63.9 Å². The number of amides is 3. The molecule has 2 saturated heterocycles. The van der Waals surface area contributed by atoms with Crippen LogP contribution in [-0.4, -0.2) is 44.3 Å². The zero-order chi connectivity index (χ0) is 29.8. The van der Waals surface area contributed by atoms with E-state index in [1.165, 1.54) is 47.4 Å². The van der Waals surface area contributed by atoms with Crippen LogP contribution in [0.1, 0.15) is 12.0 Å². The molecule has 2 bridgehead atoms. The quantitative estimate of drug-likeness (QED) is 0.170. The molecular formula is C27H17Cl6FN2O5. The molecule has 214 valence electrons. The van der Waals surface area contributed by atoms with Gasteiger partial charge in [0, 0.05) is 18.7 Å². The number of allylic oxidation sites excluding steroid dienone is 2. The van der Waals surface area contributed by atoms with Gasteiger partial charge in [-0.25, -0.2) is 9.29 Å². The second kappa shape index (κ2) is 9.46. The van der Waals surface area contributed by atoms with Crippen molar-refractivity contribution in [2.24, 2.45) is 17.8 Å². The summed E-state index contributed by atoms with van der Waals surface area (Å²) in [6, 6.07) is 9.70. The Balaban J connectivity index is 1.21. The summed E-state index contributed by atoms with van der Waals surface area (Å²) in [5, 5.41) is -0.375. The number of halogens is 7. The number of imide groups is 1. The molecule has 14 heteroatoms. The number of hydrogen-bond donors (Lipinski definition) is 0. The summed E-state index contributed by atoms with van der Waals surface area (Å²) < 4.78 is 16.7. The summed E-state index contributed by atoms with van der Waals surface area (Å²) in [6.45, 7) is 1.69. The minimum Gasteiger partial charge on any atom is -0.426 e. The standard InChI is InChI=1S/C27H17Cl6FN2O5/c1-11-8-15(41-24(40)12-9-17(37)35(10-12)14-4-2-13(34)3-5-14)6-7-16(11)36-22(38)18-19(23(36)39)26(31)21(29)20(28)25(18,30)27(26,32)33/h2-8,12,18-19H,9-10H2,1H3/t12-,18+,19+,25-,26-/m1/s1. The summed E-state index contributed by atoms with van der Waals surface area (Å²) in [6.07, 6.45) is -0.0744. The SMILES string of the molecule is Cc1cc(OC(=O)[C@@H]2CC(=O)N(c3ccc(F)cc3)C2)ccc1N1C(=O)[C@@H]2[C@@H](C1=O)[C@@]1(Cl)C(Cl)=C(Cl)[C@@]2(Cl)C1(Cl)Cl. The fraction of sp³-hybridized carbons (Fsp3) is 0.333. The number of anilines is 2. The van der Waals surface area contributed by atoms with Gasteiger partial charge in [-0.2, -0.15) is 0 Å². The highest BCUT2D eigenvalue weighted by Gasteiger charge is 2.87. The van der Waals surface area contributed by atoms with Crippen LogP contribution in [0.4, 0.5) is 15.8 Å². The van der Waals surface area contributed by atoms with Crippen LogP contribution in [0.25, 0.3) is 0 Å². The van der Waals surface area contributed by atoms with Gasteiger partial charge in [-0.15, -0.1) is 23.2 Å². The molecule has 5 atom stereocenters. The Morgan fingerprint density at radius 1 is 0.927 bits per heavy atom. The van der Waals surface area contributed by atoms with Crippen LogP contribution in [-0.2, 0) is 19.2 Å². The average molecular weight is 681 g/mol. The Morgan fingerprint density at radius 2 is 1.49 bits per heavy atom. The normalized spacial score (nSPS) is 31.9. The van der Waals surface area contributed by atoms with Gasteiger partial charge in [0.1, 0.15) is 21.3 Å². The lowest BCUT2D eigenvalue weighted by molar-refractivity contribution is -0.139. The third-order valence-corrected chi connectivity index (χ3v) is 12.4. The van der Waals surface area contributed by atoms with Gasteiger partial charge in [-0.3, -0.25) is 19.2 Å². The summed E-state index contributed by atoms with van der Waals surface area (Å²) in [5.74, 6) is -5.96. The van der Waals surface area contributed by atoms with E-state index in [4.69, 9.17) is 74.3 Å². The van der Waals surface area contributed by atoms with Crippen LogP contribution in [0.3, 0.4) is 0 Å². The molecule has 0 spiro atoms. The number of carbonyl (C=O) groups excluding carboxylic acids is 4. The predicted molar refractivity (Wildman–Crippen MR) is 153 cm³/mol. The molecule has 0 N–H and O–H groups in total. The number of rotatable bonds is 4. The number of fused-ring (bicyclic) bond motifs is 5. The highest BCUT2D eigenvalue weighted by Crippen LogP contribution is 2.77. The summed E-state index contributed by atoms with van der Waals surface area (Å²) in [4.78, 5) is 51.1. The first kappa shape index (κ1) is 29.0. The summed E-state index contributed by atoms with van der Waals surface area (Å²) in [5.41, 5.74) is 1.09. The van der Waals surface area contributed by atoms with E-state index < -0.39 is 55.4 Å². The number of ether oxygens (including phenoxy) is 1. The van der Waals surface area contributed by atoms with Crippen molar-refractivity contribution in [3.8, 4) is 5.75 Å². The van der Waals surface area contributed by atoms with E-state index >= 15 is 0 Å². The number of carbonyl (C=O) groups is 4. The number of benzene rings is 2. The second-order valence-corrected chi connectivity index (χ2v) is 13.6. The largest absolute Gasteiger partial charge is 0.426 e. The van der Waals surface area contributed by atoms with Crippen molar-refractivity contribution in [2.75, 3.05) is 16.3 Å². The molecule has 2 aliphatic heterocycles. The van der Waals surface area contributed by atoms with Gasteiger partial charge in [-0.1, -0.05) is 46.4 Å². The molecule has 41 heavy (non-hydrogen) atoms. The van der Waals surface area contributed by atoms with E-state index in [0.29, 0.717) is 11.3 Å². The fourth-order valence-corrected chi connectivity index (χ4v) is 9.04. The Bertz CT molecular complexity index is 1550. The predicted octanol–water partition coefficient (Wildman–Crippen LogP) is 6.04. The van der Waals surface area contributed by atoms with E-state index in [1.807, 2.05) is 0 Å². The number of alkyl halides is 4. The van der Waals surface area contributed by atoms with Gasteiger partial charge in [0.25, 0.3) is 0 Å². The number of nitrogens with zero attached hydrogens (tertiary/aromatic N) is 2. The molecule has 0 radical (unpaired) electrons. The third-order valence-electron chi connectivity index (χ3n) is 8.13. The number of aryl methyl sites for hydroxylation is 1. The first-order chi connectivity index (χ1) is 19.2. The van der Waals surface area contributed by atoms with Gasteiger partial charge in [0.2, 0.25) is 17.7 Å². The molecule has 2 heterocycles. The van der Waals surface area contributed by atoms with Crippen molar-refractivity contribution >= 4 is 105 Å². The van der Waals surface area contributed by atoms with Crippen molar-refractivity contribution in [1.82, 2.24) is 0 Å². The Morgan fingerprint density at radius 3 is 2.02 bits per heavy atom. The van der Waals surface area contributed by atoms with E-state index in [9.17, 15) is 23.6 Å². The lowest BCUT2D eigenvalue weighted by atomic mass is 9.84. The van der Waals surface area contributed by atoms with Crippen molar-refractivity contribution in [1.29, 1.82) is 0 Å². The molecule has 7 nitrogen and oxygen atoms in total. The number of esters is 1. The smallest absolute Gasteiger partial charge is 0.316 e. The Labute approximate surface area is 263 Å². The molecule has 6 rings (SSSR count). The van der Waals surface area contributed by atoms with Gasteiger partial charge in [0.15, 0.2) is 4.33 Å². The first-order valence-corrected chi connectivity index (χ1v) is 14.5.